The van der Waals surface area contributed by atoms with Crippen LogP contribution in [0.4, 0.5) is 5.69 Å². The zero-order valence-corrected chi connectivity index (χ0v) is 15.0. The second-order valence-corrected chi connectivity index (χ2v) is 6.47. The van der Waals surface area contributed by atoms with Gasteiger partial charge in [-0.25, -0.2) is 0 Å². The average molecular weight is 354 g/mol. The molecule has 0 bridgehead atoms. The first-order valence-electron chi connectivity index (χ1n) is 9.15. The van der Waals surface area contributed by atoms with Crippen molar-refractivity contribution in [3.8, 4) is 11.1 Å². The Morgan fingerprint density at radius 2 is 1.62 bits per heavy atom. The van der Waals surface area contributed by atoms with Crippen molar-refractivity contribution in [2.24, 2.45) is 0 Å². The molecule has 1 saturated heterocycles. The zero-order valence-electron chi connectivity index (χ0n) is 15.0. The third-order valence-corrected chi connectivity index (χ3v) is 4.71. The molecule has 1 aliphatic rings. The van der Waals surface area contributed by atoms with Crippen LogP contribution in [0.1, 0.15) is 6.42 Å². The van der Waals surface area contributed by atoms with Crippen molar-refractivity contribution in [1.82, 2.24) is 4.90 Å². The Morgan fingerprint density at radius 1 is 0.923 bits per heavy atom. The molecule has 5 heteroatoms. The predicted molar refractivity (Wildman–Crippen MR) is 104 cm³/mol. The molecule has 0 atom stereocenters. The molecule has 0 radical (unpaired) electrons. The molecule has 2 aromatic carbocycles. The minimum atomic E-state index is -0.810. The lowest BCUT2D eigenvalue weighted by Crippen LogP contribution is -2.47. The van der Waals surface area contributed by atoms with Gasteiger partial charge in [-0.2, -0.15) is 0 Å². The number of anilines is 1. The van der Waals surface area contributed by atoms with Gasteiger partial charge in [0.1, 0.15) is 0 Å². The minimum absolute atomic E-state index is 0.0735. The fourth-order valence-corrected chi connectivity index (χ4v) is 3.28. The summed E-state index contributed by atoms with van der Waals surface area (Å²) >= 11 is 0. The van der Waals surface area contributed by atoms with E-state index >= 15 is 0 Å². The second-order valence-electron chi connectivity index (χ2n) is 6.47. The molecule has 138 valence electrons. The Hall–Kier alpha value is -2.37. The van der Waals surface area contributed by atoms with E-state index in [1.165, 1.54) is 16.8 Å². The number of para-hydroxylation sites is 1. The van der Waals surface area contributed by atoms with Crippen LogP contribution < -0.4 is 4.90 Å². The van der Waals surface area contributed by atoms with Crippen LogP contribution in [-0.2, 0) is 9.53 Å². The Labute approximate surface area is 154 Å². The second kappa shape index (κ2) is 9.36. The number of hydrogen-bond donors (Lipinski definition) is 1. The number of carboxylic acids is 1. The highest BCUT2D eigenvalue weighted by Crippen LogP contribution is 2.31. The summed E-state index contributed by atoms with van der Waals surface area (Å²) in [6, 6.07) is 19.1. The van der Waals surface area contributed by atoms with E-state index in [4.69, 9.17) is 9.84 Å². The van der Waals surface area contributed by atoms with Gasteiger partial charge in [0.2, 0.25) is 0 Å². The van der Waals surface area contributed by atoms with Gasteiger partial charge in [0.15, 0.2) is 0 Å². The smallest absolute Gasteiger partial charge is 0.305 e. The number of aliphatic carboxylic acids is 1. The Morgan fingerprint density at radius 3 is 2.35 bits per heavy atom. The van der Waals surface area contributed by atoms with Crippen LogP contribution in [0.25, 0.3) is 11.1 Å². The van der Waals surface area contributed by atoms with E-state index in [0.717, 1.165) is 32.7 Å². The number of benzene rings is 2. The predicted octanol–water partition coefficient (Wildman–Crippen LogP) is 2.97. The molecule has 1 heterocycles. The van der Waals surface area contributed by atoms with Gasteiger partial charge < -0.3 is 14.7 Å². The monoisotopic (exact) mass is 354 g/mol. The maximum absolute atomic E-state index is 10.5. The molecule has 26 heavy (non-hydrogen) atoms. The van der Waals surface area contributed by atoms with Crippen molar-refractivity contribution >= 4 is 11.7 Å². The van der Waals surface area contributed by atoms with Crippen LogP contribution in [0.3, 0.4) is 0 Å². The lowest BCUT2D eigenvalue weighted by atomic mass is 10.0. The van der Waals surface area contributed by atoms with Crippen molar-refractivity contribution < 1.29 is 14.6 Å². The number of rotatable bonds is 8. The summed E-state index contributed by atoms with van der Waals surface area (Å²) in [5.41, 5.74) is 3.81. The Bertz CT molecular complexity index is 697. The first kappa shape index (κ1) is 18.4. The van der Waals surface area contributed by atoms with Crippen LogP contribution in [0.2, 0.25) is 0 Å². The summed E-state index contributed by atoms with van der Waals surface area (Å²) in [6.45, 7) is 5.69. The van der Waals surface area contributed by atoms with E-state index in [-0.39, 0.29) is 6.42 Å². The molecule has 0 saturated carbocycles. The molecule has 0 unspecified atom stereocenters. The number of carboxylic acid groups (broad SMARTS) is 1. The molecule has 2 aromatic rings. The summed E-state index contributed by atoms with van der Waals surface area (Å²) in [5, 5.41) is 8.61. The van der Waals surface area contributed by atoms with Gasteiger partial charge >= 0.3 is 5.97 Å². The first-order valence-corrected chi connectivity index (χ1v) is 9.15. The molecule has 3 rings (SSSR count). The quantitative estimate of drug-likeness (QED) is 0.739. The van der Waals surface area contributed by atoms with Crippen LogP contribution in [-0.4, -0.2) is 61.9 Å². The summed E-state index contributed by atoms with van der Waals surface area (Å²) in [5.74, 6) is -0.810. The third kappa shape index (κ3) is 5.07. The first-order chi connectivity index (χ1) is 12.7. The highest BCUT2D eigenvalue weighted by Gasteiger charge is 2.19. The Balaban J connectivity index is 1.52. The van der Waals surface area contributed by atoms with Crippen LogP contribution in [0, 0.1) is 0 Å². The van der Waals surface area contributed by atoms with E-state index in [1.807, 2.05) is 6.07 Å². The molecule has 0 aliphatic carbocycles. The van der Waals surface area contributed by atoms with Crippen molar-refractivity contribution in [3.05, 3.63) is 54.6 Å². The minimum Gasteiger partial charge on any atom is -0.481 e. The normalized spacial score (nSPS) is 15.2. The maximum Gasteiger partial charge on any atom is 0.305 e. The van der Waals surface area contributed by atoms with E-state index in [9.17, 15) is 4.79 Å². The van der Waals surface area contributed by atoms with Gasteiger partial charge in [0.05, 0.1) is 19.6 Å². The van der Waals surface area contributed by atoms with Crippen molar-refractivity contribution in [2.45, 2.75) is 6.42 Å². The number of hydrogen-bond acceptors (Lipinski definition) is 4. The standard InChI is InChI=1S/C21H26N2O3/c24-21(25)10-16-26-17-15-22-11-13-23(14-12-22)20-9-5-4-8-19(20)18-6-2-1-3-7-18/h1-9H,10-17H2,(H,24,25). The number of carbonyl (C=O) groups is 1. The zero-order chi connectivity index (χ0) is 18.2. The van der Waals surface area contributed by atoms with Gasteiger partial charge in [0, 0.05) is 44.0 Å². The maximum atomic E-state index is 10.5. The van der Waals surface area contributed by atoms with Crippen LogP contribution in [0.5, 0.6) is 0 Å². The highest BCUT2D eigenvalue weighted by molar-refractivity contribution is 5.78. The summed E-state index contributed by atoms with van der Waals surface area (Å²) in [6.07, 6.45) is 0.0735. The van der Waals surface area contributed by atoms with E-state index < -0.39 is 5.97 Å². The largest absolute Gasteiger partial charge is 0.481 e. The van der Waals surface area contributed by atoms with E-state index in [0.29, 0.717) is 13.2 Å². The molecule has 1 N–H and O–H groups in total. The lowest BCUT2D eigenvalue weighted by molar-refractivity contribution is -0.138. The van der Waals surface area contributed by atoms with Crippen molar-refractivity contribution in [3.63, 3.8) is 0 Å². The summed E-state index contributed by atoms with van der Waals surface area (Å²) < 4.78 is 5.40. The van der Waals surface area contributed by atoms with Gasteiger partial charge in [-0.15, -0.1) is 0 Å². The average Bonchev–Trinajstić information content (AvgIpc) is 2.69. The van der Waals surface area contributed by atoms with E-state index in [2.05, 4.69) is 58.3 Å². The number of nitrogens with zero attached hydrogens (tertiary/aromatic N) is 2. The third-order valence-electron chi connectivity index (χ3n) is 4.71. The summed E-state index contributed by atoms with van der Waals surface area (Å²) in [7, 11) is 0. The van der Waals surface area contributed by atoms with E-state index in [1.54, 1.807) is 0 Å². The van der Waals surface area contributed by atoms with Gasteiger partial charge in [-0.1, -0.05) is 48.5 Å². The molecule has 1 fully saturated rings. The van der Waals surface area contributed by atoms with Crippen molar-refractivity contribution in [2.75, 3.05) is 50.8 Å². The Kier molecular flexibility index (Phi) is 6.63. The molecular weight excluding hydrogens is 328 g/mol. The fraction of sp³-hybridized carbons (Fsp3) is 0.381. The molecule has 0 amide bonds. The highest BCUT2D eigenvalue weighted by atomic mass is 16.5. The molecule has 5 nitrogen and oxygen atoms in total. The van der Waals surface area contributed by atoms with Gasteiger partial charge in [-0.05, 0) is 11.6 Å². The molecule has 0 aromatic heterocycles. The fourth-order valence-electron chi connectivity index (χ4n) is 3.28. The number of ether oxygens (including phenoxy) is 1. The number of piperazine rings is 1. The van der Waals surface area contributed by atoms with Crippen molar-refractivity contribution in [1.29, 1.82) is 0 Å². The van der Waals surface area contributed by atoms with Crippen LogP contribution >= 0.6 is 0 Å². The molecule has 1 aliphatic heterocycles. The molecule has 0 spiro atoms. The molecular formula is C21H26N2O3. The topological polar surface area (TPSA) is 53.0 Å². The van der Waals surface area contributed by atoms with Gasteiger partial charge in [-0.3, -0.25) is 9.69 Å². The SMILES string of the molecule is O=C(O)CCOCCN1CCN(c2ccccc2-c2ccccc2)CC1. The lowest BCUT2D eigenvalue weighted by Gasteiger charge is -2.37. The van der Waals surface area contributed by atoms with Gasteiger partial charge in [0.25, 0.3) is 0 Å². The summed E-state index contributed by atoms with van der Waals surface area (Å²) in [4.78, 5) is 15.3. The van der Waals surface area contributed by atoms with Crippen LogP contribution in [0.15, 0.2) is 54.6 Å².